The minimum Gasteiger partial charge on any atom is -0.312 e. The maximum Gasteiger partial charge on any atom is 0.0492 e. The van der Waals surface area contributed by atoms with Crippen LogP contribution in [-0.2, 0) is 13.5 Å². The average molecular weight is 242 g/mol. The number of aromatic nitrogens is 2. The summed E-state index contributed by atoms with van der Waals surface area (Å²) in [6, 6.07) is 2.57. The number of nitrogens with zero attached hydrogens (tertiary/aromatic N) is 2. The summed E-state index contributed by atoms with van der Waals surface area (Å²) in [6.07, 6.45) is 7.85. The van der Waals surface area contributed by atoms with Crippen LogP contribution in [0.1, 0.15) is 31.4 Å². The fraction of sp³-hybridized carbons (Fsp3) is 0.750. The Morgan fingerprint density at radius 2 is 2.31 bits per heavy atom. The van der Waals surface area contributed by atoms with E-state index >= 15 is 0 Å². The highest BCUT2D eigenvalue weighted by Gasteiger charge is 2.22. The molecule has 1 fully saturated rings. The van der Waals surface area contributed by atoms with Crippen LogP contribution in [0.4, 0.5) is 0 Å². The SMILES string of the molecule is Cn1nccc1CCNC1CCCCC1Cl. The smallest absolute Gasteiger partial charge is 0.0492 e. The van der Waals surface area contributed by atoms with E-state index in [1.54, 1.807) is 0 Å². The van der Waals surface area contributed by atoms with Gasteiger partial charge in [-0.1, -0.05) is 12.8 Å². The molecule has 16 heavy (non-hydrogen) atoms. The second-order valence-corrected chi connectivity index (χ2v) is 5.12. The Hall–Kier alpha value is -0.540. The van der Waals surface area contributed by atoms with Crippen LogP contribution in [-0.4, -0.2) is 27.7 Å². The second-order valence-electron chi connectivity index (χ2n) is 4.56. The molecule has 0 spiro atoms. The maximum absolute atomic E-state index is 6.29. The number of halogens is 1. The van der Waals surface area contributed by atoms with Gasteiger partial charge in [0, 0.05) is 43.3 Å². The minimum atomic E-state index is 0.320. The van der Waals surface area contributed by atoms with Crippen LogP contribution in [0.3, 0.4) is 0 Å². The first kappa shape index (κ1) is 11.9. The van der Waals surface area contributed by atoms with Crippen LogP contribution in [0.5, 0.6) is 0 Å². The van der Waals surface area contributed by atoms with E-state index in [2.05, 4.69) is 16.5 Å². The van der Waals surface area contributed by atoms with Crippen LogP contribution < -0.4 is 5.32 Å². The summed E-state index contributed by atoms with van der Waals surface area (Å²) >= 11 is 6.29. The molecule has 90 valence electrons. The Morgan fingerprint density at radius 1 is 1.50 bits per heavy atom. The zero-order valence-corrected chi connectivity index (χ0v) is 10.6. The highest BCUT2D eigenvalue weighted by atomic mass is 35.5. The number of alkyl halides is 1. The van der Waals surface area contributed by atoms with Crippen molar-refractivity contribution in [3.63, 3.8) is 0 Å². The van der Waals surface area contributed by atoms with Crippen molar-refractivity contribution in [2.45, 2.75) is 43.5 Å². The number of hydrogen-bond acceptors (Lipinski definition) is 2. The molecule has 1 aromatic heterocycles. The number of rotatable bonds is 4. The van der Waals surface area contributed by atoms with E-state index in [1.807, 2.05) is 17.9 Å². The van der Waals surface area contributed by atoms with Crippen LogP contribution in [0.2, 0.25) is 0 Å². The van der Waals surface area contributed by atoms with E-state index in [-0.39, 0.29) is 0 Å². The van der Waals surface area contributed by atoms with Gasteiger partial charge in [0.2, 0.25) is 0 Å². The molecule has 0 amide bonds. The summed E-state index contributed by atoms with van der Waals surface area (Å²) in [5.41, 5.74) is 1.27. The molecule has 0 aromatic carbocycles. The lowest BCUT2D eigenvalue weighted by Gasteiger charge is -2.28. The Bertz CT molecular complexity index is 324. The van der Waals surface area contributed by atoms with Crippen molar-refractivity contribution < 1.29 is 0 Å². The molecule has 2 rings (SSSR count). The number of hydrogen-bond donors (Lipinski definition) is 1. The first-order chi connectivity index (χ1) is 7.77. The van der Waals surface area contributed by atoms with Gasteiger partial charge in [0.25, 0.3) is 0 Å². The largest absolute Gasteiger partial charge is 0.312 e. The molecule has 2 atom stereocenters. The molecule has 1 N–H and O–H groups in total. The lowest BCUT2D eigenvalue weighted by atomic mass is 9.95. The van der Waals surface area contributed by atoms with Crippen molar-refractivity contribution in [3.05, 3.63) is 18.0 Å². The zero-order chi connectivity index (χ0) is 11.4. The second kappa shape index (κ2) is 5.69. The zero-order valence-electron chi connectivity index (χ0n) is 9.82. The molecule has 1 saturated carbocycles. The Balaban J connectivity index is 1.73. The third-order valence-corrected chi connectivity index (χ3v) is 3.91. The minimum absolute atomic E-state index is 0.320. The molecule has 1 aliphatic rings. The first-order valence-corrected chi connectivity index (χ1v) is 6.55. The fourth-order valence-corrected chi connectivity index (χ4v) is 2.72. The molecule has 3 nitrogen and oxygen atoms in total. The van der Waals surface area contributed by atoms with Crippen LogP contribution in [0.15, 0.2) is 12.3 Å². The highest BCUT2D eigenvalue weighted by Crippen LogP contribution is 2.22. The summed E-state index contributed by atoms with van der Waals surface area (Å²) in [7, 11) is 1.99. The molecule has 0 bridgehead atoms. The van der Waals surface area contributed by atoms with Gasteiger partial charge in [-0.2, -0.15) is 5.10 Å². The van der Waals surface area contributed by atoms with Crippen LogP contribution in [0, 0.1) is 0 Å². The summed E-state index contributed by atoms with van der Waals surface area (Å²) in [5, 5.41) is 8.04. The van der Waals surface area contributed by atoms with Crippen molar-refractivity contribution in [2.75, 3.05) is 6.54 Å². The predicted molar refractivity (Wildman–Crippen MR) is 66.8 cm³/mol. The maximum atomic E-state index is 6.29. The molecule has 4 heteroatoms. The molecule has 1 aliphatic carbocycles. The number of nitrogens with one attached hydrogen (secondary N) is 1. The Kier molecular flexibility index (Phi) is 4.24. The van der Waals surface area contributed by atoms with Crippen molar-refractivity contribution >= 4 is 11.6 Å². The Labute approximate surface area is 102 Å². The van der Waals surface area contributed by atoms with E-state index in [0.29, 0.717) is 11.4 Å². The van der Waals surface area contributed by atoms with Gasteiger partial charge in [0.15, 0.2) is 0 Å². The number of aryl methyl sites for hydroxylation is 1. The average Bonchev–Trinajstić information content (AvgIpc) is 2.67. The monoisotopic (exact) mass is 241 g/mol. The van der Waals surface area contributed by atoms with E-state index in [9.17, 15) is 0 Å². The lowest BCUT2D eigenvalue weighted by molar-refractivity contribution is 0.380. The van der Waals surface area contributed by atoms with Crippen molar-refractivity contribution in [3.8, 4) is 0 Å². The molecule has 2 unspecified atom stereocenters. The predicted octanol–water partition coefficient (Wildman–Crippen LogP) is 2.10. The summed E-state index contributed by atoms with van der Waals surface area (Å²) in [6.45, 7) is 0.993. The quantitative estimate of drug-likeness (QED) is 0.819. The van der Waals surface area contributed by atoms with E-state index in [1.165, 1.54) is 25.0 Å². The van der Waals surface area contributed by atoms with Gasteiger partial charge >= 0.3 is 0 Å². The van der Waals surface area contributed by atoms with E-state index < -0.39 is 0 Å². The van der Waals surface area contributed by atoms with E-state index in [4.69, 9.17) is 11.6 Å². The fourth-order valence-electron chi connectivity index (χ4n) is 2.35. The van der Waals surface area contributed by atoms with Gasteiger partial charge in [0.05, 0.1) is 0 Å². The summed E-state index contributed by atoms with van der Waals surface area (Å²) in [5.74, 6) is 0. The molecule has 1 heterocycles. The highest BCUT2D eigenvalue weighted by molar-refractivity contribution is 6.21. The van der Waals surface area contributed by atoms with Gasteiger partial charge in [0.1, 0.15) is 0 Å². The van der Waals surface area contributed by atoms with E-state index in [0.717, 1.165) is 19.4 Å². The Morgan fingerprint density at radius 3 is 3.00 bits per heavy atom. The van der Waals surface area contributed by atoms with Gasteiger partial charge in [-0.15, -0.1) is 11.6 Å². The summed E-state index contributed by atoms with van der Waals surface area (Å²) in [4.78, 5) is 0. The molecule has 1 aromatic rings. The normalized spacial score (nSPS) is 25.9. The van der Waals surface area contributed by atoms with Crippen molar-refractivity contribution in [1.82, 2.24) is 15.1 Å². The topological polar surface area (TPSA) is 29.9 Å². The van der Waals surface area contributed by atoms with Gasteiger partial charge < -0.3 is 5.32 Å². The third-order valence-electron chi connectivity index (χ3n) is 3.39. The molecular weight excluding hydrogens is 222 g/mol. The first-order valence-electron chi connectivity index (χ1n) is 6.11. The van der Waals surface area contributed by atoms with Crippen LogP contribution >= 0.6 is 11.6 Å². The van der Waals surface area contributed by atoms with Gasteiger partial charge in [-0.25, -0.2) is 0 Å². The molecule has 0 aliphatic heterocycles. The molecule has 0 radical (unpaired) electrons. The van der Waals surface area contributed by atoms with Gasteiger partial charge in [-0.3, -0.25) is 4.68 Å². The van der Waals surface area contributed by atoms with Gasteiger partial charge in [-0.05, 0) is 18.9 Å². The lowest BCUT2D eigenvalue weighted by Crippen LogP contribution is -2.40. The summed E-state index contributed by atoms with van der Waals surface area (Å²) < 4.78 is 1.93. The molecular formula is C12H20ClN3. The standard InChI is InChI=1S/C12H20ClN3/c1-16-10(7-9-15-16)6-8-14-12-5-3-2-4-11(12)13/h7,9,11-12,14H,2-6,8H2,1H3. The third kappa shape index (κ3) is 2.98. The van der Waals surface area contributed by atoms with Crippen LogP contribution in [0.25, 0.3) is 0 Å². The molecule has 0 saturated heterocycles. The van der Waals surface area contributed by atoms with Crippen molar-refractivity contribution in [2.24, 2.45) is 7.05 Å². The van der Waals surface area contributed by atoms with Crippen molar-refractivity contribution in [1.29, 1.82) is 0 Å².